The van der Waals surface area contributed by atoms with Gasteiger partial charge in [0.05, 0.1) is 0 Å². The average Bonchev–Trinajstić information content (AvgIpc) is 2.40. The minimum atomic E-state index is -5.66. The van der Waals surface area contributed by atoms with Gasteiger partial charge in [-0.15, -0.1) is 0 Å². The molecule has 24 heavy (non-hydrogen) atoms. The van der Waals surface area contributed by atoms with Crippen molar-refractivity contribution in [1.29, 1.82) is 0 Å². The van der Waals surface area contributed by atoms with Gasteiger partial charge in [0.25, 0.3) is 5.60 Å². The first-order chi connectivity index (χ1) is 10.8. The monoisotopic (exact) mass is 366 g/mol. The first-order valence-corrected chi connectivity index (χ1v) is 10.5. The van der Waals surface area contributed by atoms with Gasteiger partial charge in [0.1, 0.15) is 0 Å². The van der Waals surface area contributed by atoms with E-state index in [9.17, 15) is 26.3 Å². The molecule has 0 radical (unpaired) electrons. The Hall–Kier alpha value is -1.54. The van der Waals surface area contributed by atoms with Crippen LogP contribution in [-0.4, -0.2) is 20.7 Å². The molecule has 132 valence electrons. The molecule has 0 aliphatic rings. The van der Waals surface area contributed by atoms with E-state index >= 15 is 0 Å². The Kier molecular flexibility index (Phi) is 4.52. The van der Waals surface area contributed by atoms with Crippen LogP contribution in [0.15, 0.2) is 42.5 Å². The maximum atomic E-state index is 13.8. The van der Waals surface area contributed by atoms with Gasteiger partial charge in [-0.3, -0.25) is 0 Å². The van der Waals surface area contributed by atoms with Crippen LogP contribution in [0.2, 0.25) is 19.6 Å². The quantitative estimate of drug-likeness (QED) is 0.477. The van der Waals surface area contributed by atoms with Crippen molar-refractivity contribution in [1.82, 2.24) is 0 Å². The topological polar surface area (TPSA) is 9.23 Å². The van der Waals surface area contributed by atoms with Crippen molar-refractivity contribution in [3.05, 3.63) is 48.0 Å². The van der Waals surface area contributed by atoms with Crippen molar-refractivity contribution in [3.8, 4) is 0 Å². The van der Waals surface area contributed by atoms with Gasteiger partial charge >= 0.3 is 12.4 Å². The van der Waals surface area contributed by atoms with E-state index in [1.165, 1.54) is 50.0 Å². The number of hydrogen-bond acceptors (Lipinski definition) is 1. The summed E-state index contributed by atoms with van der Waals surface area (Å²) in [6.07, 6.45) is -11.3. The van der Waals surface area contributed by atoms with E-state index in [-0.39, 0.29) is 10.8 Å². The lowest BCUT2D eigenvalue weighted by molar-refractivity contribution is -0.368. The van der Waals surface area contributed by atoms with Crippen molar-refractivity contribution in [3.63, 3.8) is 0 Å². The molecule has 0 heterocycles. The van der Waals surface area contributed by atoms with Crippen LogP contribution < -0.4 is 0 Å². The zero-order chi connectivity index (χ0) is 18.4. The summed E-state index contributed by atoms with van der Waals surface area (Å²) in [6, 6.07) is 9.13. The zero-order valence-electron chi connectivity index (χ0n) is 13.2. The van der Waals surface area contributed by atoms with Crippen LogP contribution >= 0.6 is 0 Å². The van der Waals surface area contributed by atoms with Gasteiger partial charge < -0.3 is 4.43 Å². The van der Waals surface area contributed by atoms with Crippen molar-refractivity contribution in [2.24, 2.45) is 0 Å². The molecule has 0 bridgehead atoms. The minimum Gasteiger partial charge on any atom is -0.394 e. The van der Waals surface area contributed by atoms with Crippen molar-refractivity contribution >= 4 is 19.1 Å². The first-order valence-electron chi connectivity index (χ1n) is 7.11. The summed E-state index contributed by atoms with van der Waals surface area (Å²) in [4.78, 5) is 0. The molecule has 0 aliphatic carbocycles. The first kappa shape index (κ1) is 18.8. The Morgan fingerprint density at radius 1 is 0.750 bits per heavy atom. The van der Waals surface area contributed by atoms with E-state index in [0.717, 1.165) is 6.07 Å². The highest BCUT2D eigenvalue weighted by atomic mass is 28.4. The second-order valence-electron chi connectivity index (χ2n) is 6.42. The van der Waals surface area contributed by atoms with Crippen LogP contribution in [0.4, 0.5) is 26.3 Å². The average molecular weight is 366 g/mol. The Morgan fingerprint density at radius 3 is 1.75 bits per heavy atom. The summed E-state index contributed by atoms with van der Waals surface area (Å²) >= 11 is 0. The highest BCUT2D eigenvalue weighted by Crippen LogP contribution is 2.55. The van der Waals surface area contributed by atoms with Crippen LogP contribution in [0.5, 0.6) is 0 Å². The van der Waals surface area contributed by atoms with E-state index in [4.69, 9.17) is 4.43 Å². The molecule has 8 heteroatoms. The SMILES string of the molecule is C[Si](C)(C)OC(c1cccc2ccccc12)(C(F)(F)F)C(F)(F)F. The molecular weight excluding hydrogens is 350 g/mol. The third-order valence-corrected chi connectivity index (χ3v) is 4.35. The van der Waals surface area contributed by atoms with Gasteiger partial charge in [0, 0.05) is 5.56 Å². The smallest absolute Gasteiger partial charge is 0.394 e. The fourth-order valence-corrected chi connectivity index (χ4v) is 3.89. The molecule has 2 rings (SSSR count). The molecule has 0 aliphatic heterocycles. The number of hydrogen-bond donors (Lipinski definition) is 0. The summed E-state index contributed by atoms with van der Waals surface area (Å²) in [6.45, 7) is 3.89. The van der Waals surface area contributed by atoms with Crippen LogP contribution in [-0.2, 0) is 10.0 Å². The summed E-state index contributed by atoms with van der Waals surface area (Å²) in [5.41, 5.74) is -5.28. The fraction of sp³-hybridized carbons (Fsp3) is 0.375. The summed E-state index contributed by atoms with van der Waals surface area (Å²) in [7, 11) is -3.22. The van der Waals surface area contributed by atoms with Gasteiger partial charge in [-0.05, 0) is 30.4 Å². The molecule has 0 aromatic heterocycles. The Labute approximate surface area is 136 Å². The molecule has 0 saturated heterocycles. The van der Waals surface area contributed by atoms with E-state index in [0.29, 0.717) is 0 Å². The molecule has 0 fully saturated rings. The summed E-state index contributed by atoms with van der Waals surface area (Å²) in [5, 5.41) is 0.153. The van der Waals surface area contributed by atoms with E-state index in [1.54, 1.807) is 6.07 Å². The lowest BCUT2D eigenvalue weighted by Gasteiger charge is -2.42. The van der Waals surface area contributed by atoms with Gasteiger partial charge in [0.15, 0.2) is 8.32 Å². The Balaban J connectivity index is 2.92. The van der Waals surface area contributed by atoms with E-state index in [2.05, 4.69) is 0 Å². The van der Waals surface area contributed by atoms with Gasteiger partial charge in [-0.25, -0.2) is 0 Å². The highest BCUT2D eigenvalue weighted by molar-refractivity contribution is 6.69. The second kappa shape index (κ2) is 5.77. The van der Waals surface area contributed by atoms with Crippen LogP contribution in [0.3, 0.4) is 0 Å². The standard InChI is InChI=1S/C16H16F6OSi/c1-24(2,3)23-14(15(17,18)19,16(20,21)22)13-10-6-8-11-7-4-5-9-12(11)13/h4-10H,1-3H3. The van der Waals surface area contributed by atoms with Crippen LogP contribution in [0, 0.1) is 0 Å². The maximum absolute atomic E-state index is 13.8. The summed E-state index contributed by atoms with van der Waals surface area (Å²) in [5.74, 6) is 0. The van der Waals surface area contributed by atoms with Crippen molar-refractivity contribution < 1.29 is 30.8 Å². The van der Waals surface area contributed by atoms with Gasteiger partial charge in [-0.2, -0.15) is 26.3 Å². The molecule has 0 spiro atoms. The fourth-order valence-electron chi connectivity index (χ4n) is 2.63. The molecule has 0 atom stereocenters. The van der Waals surface area contributed by atoms with Gasteiger partial charge in [0.2, 0.25) is 0 Å². The number of alkyl halides is 6. The highest BCUT2D eigenvalue weighted by Gasteiger charge is 2.74. The van der Waals surface area contributed by atoms with Crippen LogP contribution in [0.25, 0.3) is 10.8 Å². The number of rotatable bonds is 3. The summed E-state index contributed by atoms with van der Waals surface area (Å²) < 4.78 is 87.6. The van der Waals surface area contributed by atoms with Crippen molar-refractivity contribution in [2.75, 3.05) is 0 Å². The lowest BCUT2D eigenvalue weighted by Crippen LogP contribution is -2.59. The normalized spacial score (nSPS) is 14.2. The number of benzene rings is 2. The lowest BCUT2D eigenvalue weighted by atomic mass is 9.88. The molecule has 1 nitrogen and oxygen atoms in total. The molecule has 2 aromatic carbocycles. The number of halogens is 6. The number of fused-ring (bicyclic) bond motifs is 1. The van der Waals surface area contributed by atoms with E-state index in [1.807, 2.05) is 0 Å². The molecule has 0 N–H and O–H groups in total. The molecular formula is C16H16F6OSi. The van der Waals surface area contributed by atoms with Gasteiger partial charge in [-0.1, -0.05) is 42.5 Å². The minimum absolute atomic E-state index is 0.132. The molecule has 0 saturated carbocycles. The Morgan fingerprint density at radius 2 is 1.25 bits per heavy atom. The molecule has 0 unspecified atom stereocenters. The predicted octanol–water partition coefficient (Wildman–Crippen LogP) is 6.01. The largest absolute Gasteiger partial charge is 0.429 e. The molecule has 0 amide bonds. The predicted molar refractivity (Wildman–Crippen MR) is 82.2 cm³/mol. The third kappa shape index (κ3) is 3.17. The van der Waals surface area contributed by atoms with Crippen molar-refractivity contribution in [2.45, 2.75) is 37.6 Å². The van der Waals surface area contributed by atoms with E-state index < -0.39 is 31.8 Å². The van der Waals surface area contributed by atoms with Crippen LogP contribution in [0.1, 0.15) is 5.56 Å². The molecule has 2 aromatic rings. The maximum Gasteiger partial charge on any atom is 0.429 e. The third-order valence-electron chi connectivity index (χ3n) is 3.43. The zero-order valence-corrected chi connectivity index (χ0v) is 14.2. The Bertz CT molecular complexity index is 710. The second-order valence-corrected chi connectivity index (χ2v) is 10.8.